The fourth-order valence-corrected chi connectivity index (χ4v) is 2.67. The molecule has 1 saturated heterocycles. The summed E-state index contributed by atoms with van der Waals surface area (Å²) in [6, 6.07) is 0.118. The van der Waals surface area contributed by atoms with Gasteiger partial charge in [-0.3, -0.25) is 0 Å². The molecule has 2 amide bonds. The average Bonchev–Trinajstić information content (AvgIpc) is 2.32. The number of amides is 2. The molecule has 0 spiro atoms. The first-order valence-corrected chi connectivity index (χ1v) is 7.24. The molecule has 1 rings (SSSR count). The number of rotatable bonds is 7. The topological polar surface area (TPSA) is 73.3 Å². The van der Waals surface area contributed by atoms with Gasteiger partial charge < -0.3 is 24.5 Å². The standard InChI is InChI=1S/C14H27N3O4/c1-6-17(11(2)7-15(4)5)13(20)16-9-14(3,10-16)21-8-12(18)19/h11H,6-10H2,1-5H3,(H,18,19). The molecule has 0 aliphatic carbocycles. The van der Waals surface area contributed by atoms with E-state index in [1.54, 1.807) is 4.90 Å². The normalized spacial score (nSPS) is 18.3. The van der Waals surface area contributed by atoms with Crippen LogP contribution in [0.1, 0.15) is 20.8 Å². The third-order valence-electron chi connectivity index (χ3n) is 3.61. The van der Waals surface area contributed by atoms with Crippen molar-refractivity contribution in [2.24, 2.45) is 0 Å². The minimum atomic E-state index is -0.990. The van der Waals surface area contributed by atoms with Gasteiger partial charge in [0, 0.05) is 19.1 Å². The molecule has 0 bridgehead atoms. The first kappa shape index (κ1) is 17.7. The van der Waals surface area contributed by atoms with Crippen molar-refractivity contribution in [2.75, 3.05) is 46.9 Å². The van der Waals surface area contributed by atoms with Crippen LogP contribution in [0.15, 0.2) is 0 Å². The van der Waals surface area contributed by atoms with Crippen LogP contribution in [0, 0.1) is 0 Å². The molecular weight excluding hydrogens is 274 g/mol. The summed E-state index contributed by atoms with van der Waals surface area (Å²) >= 11 is 0. The van der Waals surface area contributed by atoms with Gasteiger partial charge in [0.1, 0.15) is 12.2 Å². The molecule has 0 radical (unpaired) electrons. The van der Waals surface area contributed by atoms with E-state index in [0.717, 1.165) is 6.54 Å². The molecule has 0 aromatic rings. The summed E-state index contributed by atoms with van der Waals surface area (Å²) in [4.78, 5) is 28.6. The number of carboxylic acid groups (broad SMARTS) is 1. The van der Waals surface area contributed by atoms with Crippen LogP contribution in [0.4, 0.5) is 4.79 Å². The van der Waals surface area contributed by atoms with Crippen molar-refractivity contribution in [3.8, 4) is 0 Å². The zero-order chi connectivity index (χ0) is 16.2. The van der Waals surface area contributed by atoms with Gasteiger partial charge in [-0.2, -0.15) is 0 Å². The highest BCUT2D eigenvalue weighted by Crippen LogP contribution is 2.26. The predicted molar refractivity (Wildman–Crippen MR) is 79.4 cm³/mol. The van der Waals surface area contributed by atoms with Gasteiger partial charge in [0.2, 0.25) is 0 Å². The van der Waals surface area contributed by atoms with Gasteiger partial charge in [0.15, 0.2) is 0 Å². The molecule has 1 unspecified atom stereocenters. The number of likely N-dealkylation sites (N-methyl/N-ethyl adjacent to an activating group) is 2. The molecule has 1 aliphatic rings. The summed E-state index contributed by atoms with van der Waals surface area (Å²) in [5.41, 5.74) is -0.543. The number of hydrogen-bond donors (Lipinski definition) is 1. The van der Waals surface area contributed by atoms with Crippen molar-refractivity contribution >= 4 is 12.0 Å². The van der Waals surface area contributed by atoms with Gasteiger partial charge in [0.25, 0.3) is 0 Å². The second-order valence-electron chi connectivity index (χ2n) is 6.17. The lowest BCUT2D eigenvalue weighted by Gasteiger charge is -2.49. The average molecular weight is 301 g/mol. The molecule has 0 saturated carbocycles. The lowest BCUT2D eigenvalue weighted by atomic mass is 9.97. The Kier molecular flexibility index (Phi) is 5.98. The van der Waals surface area contributed by atoms with E-state index in [-0.39, 0.29) is 18.7 Å². The minimum absolute atomic E-state index is 0.0109. The highest BCUT2D eigenvalue weighted by molar-refractivity contribution is 5.76. The first-order chi connectivity index (χ1) is 9.68. The van der Waals surface area contributed by atoms with E-state index in [4.69, 9.17) is 9.84 Å². The maximum atomic E-state index is 12.5. The lowest BCUT2D eigenvalue weighted by Crippen LogP contribution is -2.66. The van der Waals surface area contributed by atoms with Crippen molar-refractivity contribution in [3.63, 3.8) is 0 Å². The van der Waals surface area contributed by atoms with Crippen LogP contribution in [0.2, 0.25) is 0 Å². The molecule has 7 heteroatoms. The van der Waals surface area contributed by atoms with Gasteiger partial charge in [-0.15, -0.1) is 0 Å². The van der Waals surface area contributed by atoms with Crippen molar-refractivity contribution in [1.82, 2.24) is 14.7 Å². The molecular formula is C14H27N3O4. The van der Waals surface area contributed by atoms with Gasteiger partial charge >= 0.3 is 12.0 Å². The van der Waals surface area contributed by atoms with Gasteiger partial charge in [-0.25, -0.2) is 9.59 Å². The molecule has 7 nitrogen and oxygen atoms in total. The third-order valence-corrected chi connectivity index (χ3v) is 3.61. The lowest BCUT2D eigenvalue weighted by molar-refractivity contribution is -0.160. The van der Waals surface area contributed by atoms with Crippen LogP contribution in [-0.2, 0) is 9.53 Å². The third kappa shape index (κ3) is 4.86. The molecule has 0 aromatic carbocycles. The summed E-state index contributed by atoms with van der Waals surface area (Å²) in [5, 5.41) is 8.64. The molecule has 122 valence electrons. The SMILES string of the molecule is CCN(C(=O)N1CC(C)(OCC(=O)O)C1)C(C)CN(C)C. The largest absolute Gasteiger partial charge is 0.480 e. The summed E-state index contributed by atoms with van der Waals surface area (Å²) < 4.78 is 5.33. The predicted octanol–water partition coefficient (Wildman–Crippen LogP) is 0.554. The number of carboxylic acids is 1. The van der Waals surface area contributed by atoms with Gasteiger partial charge in [-0.1, -0.05) is 0 Å². The zero-order valence-electron chi connectivity index (χ0n) is 13.6. The summed E-state index contributed by atoms with van der Waals surface area (Å²) in [6.07, 6.45) is 0. The number of likely N-dealkylation sites (tertiary alicyclic amines) is 1. The first-order valence-electron chi connectivity index (χ1n) is 7.24. The van der Waals surface area contributed by atoms with Gasteiger partial charge in [0.05, 0.1) is 13.1 Å². The minimum Gasteiger partial charge on any atom is -0.480 e. The van der Waals surface area contributed by atoms with Crippen LogP contribution in [0.5, 0.6) is 0 Å². The van der Waals surface area contributed by atoms with E-state index in [2.05, 4.69) is 4.90 Å². The number of urea groups is 1. The maximum absolute atomic E-state index is 12.5. The molecule has 1 N–H and O–H groups in total. The van der Waals surface area contributed by atoms with Crippen molar-refractivity contribution < 1.29 is 19.4 Å². The number of nitrogens with zero attached hydrogens (tertiary/aromatic N) is 3. The quantitative estimate of drug-likeness (QED) is 0.743. The molecule has 21 heavy (non-hydrogen) atoms. The zero-order valence-corrected chi connectivity index (χ0v) is 13.6. The molecule has 0 aromatic heterocycles. The Morgan fingerprint density at radius 1 is 1.38 bits per heavy atom. The maximum Gasteiger partial charge on any atom is 0.329 e. The monoisotopic (exact) mass is 301 g/mol. The van der Waals surface area contributed by atoms with Crippen LogP contribution in [-0.4, -0.2) is 90.3 Å². The second kappa shape index (κ2) is 7.09. The Bertz CT molecular complexity index is 380. The van der Waals surface area contributed by atoms with Crippen molar-refractivity contribution in [1.29, 1.82) is 0 Å². The number of aliphatic carboxylic acids is 1. The molecule has 1 heterocycles. The van der Waals surface area contributed by atoms with Crippen molar-refractivity contribution in [2.45, 2.75) is 32.4 Å². The molecule has 1 aliphatic heterocycles. The number of hydrogen-bond acceptors (Lipinski definition) is 4. The van der Waals surface area contributed by atoms with E-state index >= 15 is 0 Å². The Hall–Kier alpha value is -1.34. The summed E-state index contributed by atoms with van der Waals surface area (Å²) in [5.74, 6) is -0.990. The van der Waals surface area contributed by atoms with Crippen LogP contribution < -0.4 is 0 Å². The smallest absolute Gasteiger partial charge is 0.329 e. The highest BCUT2D eigenvalue weighted by Gasteiger charge is 2.44. The van der Waals surface area contributed by atoms with Crippen molar-refractivity contribution in [3.05, 3.63) is 0 Å². The fraction of sp³-hybridized carbons (Fsp3) is 0.857. The number of carbonyl (C=O) groups excluding carboxylic acids is 1. The Labute approximate surface area is 126 Å². The highest BCUT2D eigenvalue weighted by atomic mass is 16.5. The fourth-order valence-electron chi connectivity index (χ4n) is 2.67. The van der Waals surface area contributed by atoms with E-state index in [0.29, 0.717) is 19.6 Å². The summed E-state index contributed by atoms with van der Waals surface area (Å²) in [7, 11) is 3.96. The molecule has 1 fully saturated rings. The molecule has 1 atom stereocenters. The second-order valence-corrected chi connectivity index (χ2v) is 6.17. The summed E-state index contributed by atoms with van der Waals surface area (Å²) in [6.45, 7) is 7.82. The van der Waals surface area contributed by atoms with E-state index in [1.807, 2.05) is 39.8 Å². The Balaban J connectivity index is 2.51. The number of carbonyl (C=O) groups is 2. The van der Waals surface area contributed by atoms with E-state index < -0.39 is 11.6 Å². The van der Waals surface area contributed by atoms with E-state index in [9.17, 15) is 9.59 Å². The number of ether oxygens (including phenoxy) is 1. The van der Waals surface area contributed by atoms with E-state index in [1.165, 1.54) is 0 Å². The van der Waals surface area contributed by atoms with Crippen LogP contribution >= 0.6 is 0 Å². The van der Waals surface area contributed by atoms with Crippen LogP contribution in [0.25, 0.3) is 0 Å². The Morgan fingerprint density at radius 3 is 2.38 bits per heavy atom. The van der Waals surface area contributed by atoms with Gasteiger partial charge in [-0.05, 0) is 34.9 Å². The van der Waals surface area contributed by atoms with Crippen LogP contribution in [0.3, 0.4) is 0 Å². The Morgan fingerprint density at radius 2 is 1.95 bits per heavy atom.